The molecule has 0 aliphatic heterocycles. The van der Waals surface area contributed by atoms with E-state index in [9.17, 15) is 5.11 Å². The molecule has 0 bridgehead atoms. The largest absolute Gasteiger partial charge is 0.395 e. The molecule has 2 N–H and O–H groups in total. The first-order chi connectivity index (χ1) is 7.97. The molecule has 1 aromatic rings. The molecule has 1 heterocycles. The Morgan fingerprint density at radius 2 is 2.12 bits per heavy atom. The summed E-state index contributed by atoms with van der Waals surface area (Å²) in [6, 6.07) is 0.132. The molecule has 17 heavy (non-hydrogen) atoms. The van der Waals surface area contributed by atoms with Gasteiger partial charge in [-0.05, 0) is 5.92 Å². The molecule has 0 aliphatic carbocycles. The summed E-state index contributed by atoms with van der Waals surface area (Å²) in [7, 11) is 5.96. The van der Waals surface area contributed by atoms with E-state index in [2.05, 4.69) is 28.7 Å². The molecular formula is C12H24N4O. The van der Waals surface area contributed by atoms with Crippen LogP contribution in [0.25, 0.3) is 0 Å². The lowest BCUT2D eigenvalue weighted by atomic mass is 10.1. The van der Waals surface area contributed by atoms with Gasteiger partial charge < -0.3 is 19.9 Å². The van der Waals surface area contributed by atoms with Gasteiger partial charge in [-0.3, -0.25) is 0 Å². The van der Waals surface area contributed by atoms with Crippen molar-refractivity contribution >= 4 is 5.95 Å². The van der Waals surface area contributed by atoms with Crippen molar-refractivity contribution in [3.8, 4) is 0 Å². The number of hydrogen-bond acceptors (Lipinski definition) is 4. The van der Waals surface area contributed by atoms with Crippen molar-refractivity contribution in [2.75, 3.05) is 25.6 Å². The molecule has 0 aliphatic rings. The third kappa shape index (κ3) is 3.44. The average Bonchev–Trinajstić information content (AvgIpc) is 2.60. The number of nitrogens with zero attached hydrogens (tertiary/aromatic N) is 3. The van der Waals surface area contributed by atoms with Crippen LogP contribution in [-0.4, -0.2) is 41.4 Å². The summed E-state index contributed by atoms with van der Waals surface area (Å²) in [5, 5.41) is 12.6. The number of nitrogens with one attached hydrogen (secondary N) is 1. The van der Waals surface area contributed by atoms with Crippen LogP contribution >= 0.6 is 0 Å². The van der Waals surface area contributed by atoms with Gasteiger partial charge in [0.05, 0.1) is 18.5 Å². The molecule has 1 aromatic heterocycles. The maximum atomic E-state index is 9.24. The number of aromatic nitrogens is 2. The number of rotatable bonds is 6. The van der Waals surface area contributed by atoms with Crippen molar-refractivity contribution in [2.45, 2.75) is 26.4 Å². The van der Waals surface area contributed by atoms with Crippen LogP contribution in [0.4, 0.5) is 5.95 Å². The fourth-order valence-corrected chi connectivity index (χ4v) is 1.76. The minimum Gasteiger partial charge on any atom is -0.395 e. The van der Waals surface area contributed by atoms with Crippen LogP contribution < -0.4 is 10.2 Å². The van der Waals surface area contributed by atoms with E-state index in [-0.39, 0.29) is 12.6 Å². The van der Waals surface area contributed by atoms with Gasteiger partial charge >= 0.3 is 0 Å². The summed E-state index contributed by atoms with van der Waals surface area (Å²) in [4.78, 5) is 6.33. The van der Waals surface area contributed by atoms with Crippen LogP contribution in [0.5, 0.6) is 0 Å². The Morgan fingerprint density at radius 3 is 2.53 bits per heavy atom. The Kier molecular flexibility index (Phi) is 4.96. The van der Waals surface area contributed by atoms with Crippen LogP contribution in [0, 0.1) is 5.92 Å². The predicted octanol–water partition coefficient (Wildman–Crippen LogP) is 0.593. The van der Waals surface area contributed by atoms with Crippen LogP contribution in [-0.2, 0) is 13.6 Å². The number of imidazole rings is 1. The molecule has 0 unspecified atom stereocenters. The topological polar surface area (TPSA) is 53.3 Å². The van der Waals surface area contributed by atoms with Gasteiger partial charge in [0.2, 0.25) is 5.95 Å². The average molecular weight is 240 g/mol. The third-order valence-corrected chi connectivity index (χ3v) is 3.01. The quantitative estimate of drug-likeness (QED) is 0.764. The molecule has 1 atom stereocenters. The standard InChI is InChI=1S/C12H24N4O/c1-9(2)11(8-17)13-6-10-7-14-12(15(3)4)16(10)5/h7,9,11,13,17H,6,8H2,1-5H3/t11-/m1/s1. The number of hydrogen-bond donors (Lipinski definition) is 2. The first-order valence-corrected chi connectivity index (χ1v) is 5.99. The van der Waals surface area contributed by atoms with Crippen LogP contribution in [0.15, 0.2) is 6.20 Å². The molecule has 0 aromatic carbocycles. The van der Waals surface area contributed by atoms with Crippen molar-refractivity contribution in [1.29, 1.82) is 0 Å². The van der Waals surface area contributed by atoms with Gasteiger partial charge in [0.25, 0.3) is 0 Å². The van der Waals surface area contributed by atoms with Gasteiger partial charge in [0.15, 0.2) is 0 Å². The smallest absolute Gasteiger partial charge is 0.204 e. The van der Waals surface area contributed by atoms with Gasteiger partial charge in [-0.25, -0.2) is 4.98 Å². The zero-order valence-electron chi connectivity index (χ0n) is 11.4. The molecular weight excluding hydrogens is 216 g/mol. The summed E-state index contributed by atoms with van der Waals surface area (Å²) in [6.07, 6.45) is 1.87. The lowest BCUT2D eigenvalue weighted by Crippen LogP contribution is -2.36. The van der Waals surface area contributed by atoms with Gasteiger partial charge in [-0.15, -0.1) is 0 Å². The molecule has 0 amide bonds. The molecule has 0 radical (unpaired) electrons. The van der Waals surface area contributed by atoms with E-state index >= 15 is 0 Å². The zero-order valence-corrected chi connectivity index (χ0v) is 11.4. The minimum atomic E-state index is 0.132. The molecule has 0 saturated carbocycles. The summed E-state index contributed by atoms with van der Waals surface area (Å²) in [5.74, 6) is 1.36. The Bertz CT molecular complexity index is 346. The normalized spacial score (nSPS) is 13.1. The molecule has 98 valence electrons. The van der Waals surface area contributed by atoms with Gasteiger partial charge in [0.1, 0.15) is 0 Å². The van der Waals surface area contributed by atoms with E-state index in [1.807, 2.05) is 32.2 Å². The highest BCUT2D eigenvalue weighted by molar-refractivity contribution is 5.30. The van der Waals surface area contributed by atoms with Crippen LogP contribution in [0.3, 0.4) is 0 Å². The monoisotopic (exact) mass is 240 g/mol. The molecule has 5 heteroatoms. The number of aliphatic hydroxyl groups is 1. The highest BCUT2D eigenvalue weighted by Crippen LogP contribution is 2.11. The fourth-order valence-electron chi connectivity index (χ4n) is 1.76. The van der Waals surface area contributed by atoms with Crippen molar-refractivity contribution in [3.63, 3.8) is 0 Å². The van der Waals surface area contributed by atoms with E-state index in [0.717, 1.165) is 18.2 Å². The Balaban J connectivity index is 2.63. The van der Waals surface area contributed by atoms with Crippen LogP contribution in [0.2, 0.25) is 0 Å². The molecule has 0 fully saturated rings. The summed E-state index contributed by atoms with van der Waals surface area (Å²) in [6.45, 7) is 5.08. The fraction of sp³-hybridized carbons (Fsp3) is 0.750. The predicted molar refractivity (Wildman–Crippen MR) is 70.1 cm³/mol. The Morgan fingerprint density at radius 1 is 1.47 bits per heavy atom. The highest BCUT2D eigenvalue weighted by Gasteiger charge is 2.13. The molecule has 5 nitrogen and oxygen atoms in total. The van der Waals surface area contributed by atoms with Crippen molar-refractivity contribution in [2.24, 2.45) is 13.0 Å². The maximum absolute atomic E-state index is 9.24. The van der Waals surface area contributed by atoms with Crippen LogP contribution in [0.1, 0.15) is 19.5 Å². The van der Waals surface area contributed by atoms with Gasteiger partial charge in [-0.2, -0.15) is 0 Å². The first-order valence-electron chi connectivity index (χ1n) is 5.99. The Labute approximate surface area is 103 Å². The lowest BCUT2D eigenvalue weighted by molar-refractivity contribution is 0.209. The van der Waals surface area contributed by atoms with Crippen molar-refractivity contribution in [3.05, 3.63) is 11.9 Å². The third-order valence-electron chi connectivity index (χ3n) is 3.01. The summed E-state index contributed by atoms with van der Waals surface area (Å²) >= 11 is 0. The second-order valence-electron chi connectivity index (χ2n) is 4.92. The lowest BCUT2D eigenvalue weighted by Gasteiger charge is -2.20. The minimum absolute atomic E-state index is 0.132. The number of aliphatic hydroxyl groups excluding tert-OH is 1. The van der Waals surface area contributed by atoms with Gasteiger partial charge in [-0.1, -0.05) is 13.8 Å². The van der Waals surface area contributed by atoms with E-state index in [1.165, 1.54) is 0 Å². The number of anilines is 1. The zero-order chi connectivity index (χ0) is 13.0. The van der Waals surface area contributed by atoms with Crippen molar-refractivity contribution < 1.29 is 5.11 Å². The SMILES string of the molecule is CC(C)[C@@H](CO)NCc1cnc(N(C)C)n1C. The molecule has 0 spiro atoms. The van der Waals surface area contributed by atoms with E-state index in [1.54, 1.807) is 0 Å². The Hall–Kier alpha value is -1.07. The van der Waals surface area contributed by atoms with E-state index in [4.69, 9.17) is 0 Å². The highest BCUT2D eigenvalue weighted by atomic mass is 16.3. The van der Waals surface area contributed by atoms with Crippen molar-refractivity contribution in [1.82, 2.24) is 14.9 Å². The van der Waals surface area contributed by atoms with E-state index < -0.39 is 0 Å². The summed E-state index contributed by atoms with van der Waals surface area (Å²) in [5.41, 5.74) is 1.12. The summed E-state index contributed by atoms with van der Waals surface area (Å²) < 4.78 is 2.06. The molecule has 1 rings (SSSR count). The first kappa shape index (κ1) is 14.0. The second-order valence-corrected chi connectivity index (χ2v) is 4.92. The second kappa shape index (κ2) is 6.02. The maximum Gasteiger partial charge on any atom is 0.204 e. The van der Waals surface area contributed by atoms with Gasteiger partial charge in [0, 0.05) is 33.7 Å². The molecule has 0 saturated heterocycles. The van der Waals surface area contributed by atoms with E-state index in [0.29, 0.717) is 5.92 Å².